The quantitative estimate of drug-likeness (QED) is 0.870. The van der Waals surface area contributed by atoms with Gasteiger partial charge in [-0.25, -0.2) is 12.7 Å². The largest absolute Gasteiger partial charge is 0.310 e. The van der Waals surface area contributed by atoms with Gasteiger partial charge in [-0.05, 0) is 31.4 Å². The van der Waals surface area contributed by atoms with E-state index >= 15 is 0 Å². The highest BCUT2D eigenvalue weighted by Gasteiger charge is 2.34. The molecule has 2 unspecified atom stereocenters. The first kappa shape index (κ1) is 18.3. The standard InChI is InChI=1S/C14H18Cl2N2O2S.ClH/c15-13-2-1-3-14(16)12(13)9-21(19,20)18-7-6-10-4-5-11(8-18)17-10;/h1-3,10-11,17H,4-9H2;1H. The fourth-order valence-electron chi connectivity index (χ4n) is 3.11. The Morgan fingerprint density at radius 3 is 2.45 bits per heavy atom. The molecule has 0 amide bonds. The normalized spacial score (nSPS) is 25.5. The van der Waals surface area contributed by atoms with Crippen molar-refractivity contribution in [1.29, 1.82) is 0 Å². The molecule has 8 heteroatoms. The van der Waals surface area contributed by atoms with E-state index in [4.69, 9.17) is 23.2 Å². The monoisotopic (exact) mass is 384 g/mol. The van der Waals surface area contributed by atoms with Gasteiger partial charge in [-0.3, -0.25) is 0 Å². The smallest absolute Gasteiger partial charge is 0.218 e. The van der Waals surface area contributed by atoms with Gasteiger partial charge < -0.3 is 5.32 Å². The van der Waals surface area contributed by atoms with Gasteiger partial charge in [0.05, 0.1) is 5.75 Å². The second kappa shape index (κ2) is 7.24. The molecule has 2 aliphatic rings. The molecule has 1 N–H and O–H groups in total. The van der Waals surface area contributed by atoms with E-state index in [1.54, 1.807) is 22.5 Å². The van der Waals surface area contributed by atoms with E-state index in [1.165, 1.54) is 0 Å². The van der Waals surface area contributed by atoms with Crippen LogP contribution in [0.4, 0.5) is 0 Å². The molecule has 0 saturated carbocycles. The zero-order chi connectivity index (χ0) is 15.0. The second-order valence-electron chi connectivity index (χ2n) is 5.74. The van der Waals surface area contributed by atoms with Crippen LogP contribution in [0.15, 0.2) is 18.2 Å². The average Bonchev–Trinajstić information content (AvgIpc) is 2.73. The maximum atomic E-state index is 12.7. The number of fused-ring (bicyclic) bond motifs is 2. The van der Waals surface area contributed by atoms with Gasteiger partial charge in [-0.15, -0.1) is 12.4 Å². The summed E-state index contributed by atoms with van der Waals surface area (Å²) in [5.41, 5.74) is 0.489. The van der Waals surface area contributed by atoms with E-state index in [0.29, 0.717) is 34.7 Å². The summed E-state index contributed by atoms with van der Waals surface area (Å²) in [6.07, 6.45) is 3.06. The summed E-state index contributed by atoms with van der Waals surface area (Å²) in [7, 11) is -3.40. The highest BCUT2D eigenvalue weighted by Crippen LogP contribution is 2.29. The lowest BCUT2D eigenvalue weighted by Gasteiger charge is -2.24. The SMILES string of the molecule is Cl.O=S(=O)(Cc1c(Cl)cccc1Cl)N1CCC2CCC(C1)N2. The Bertz CT molecular complexity index is 619. The fourth-order valence-corrected chi connectivity index (χ4v) is 5.45. The predicted molar refractivity (Wildman–Crippen MR) is 92.5 cm³/mol. The van der Waals surface area contributed by atoms with Crippen LogP contribution in [0.3, 0.4) is 0 Å². The average molecular weight is 386 g/mol. The molecule has 2 bridgehead atoms. The minimum Gasteiger partial charge on any atom is -0.310 e. The third kappa shape index (κ3) is 3.89. The maximum Gasteiger partial charge on any atom is 0.218 e. The Hall–Kier alpha value is -0.0400. The van der Waals surface area contributed by atoms with Crippen molar-refractivity contribution in [3.63, 3.8) is 0 Å². The summed E-state index contributed by atoms with van der Waals surface area (Å²) in [6, 6.07) is 5.79. The first-order chi connectivity index (χ1) is 9.95. The molecule has 2 heterocycles. The van der Waals surface area contributed by atoms with Gasteiger partial charge in [0.15, 0.2) is 0 Å². The van der Waals surface area contributed by atoms with E-state index in [1.807, 2.05) is 0 Å². The van der Waals surface area contributed by atoms with Crippen LogP contribution in [-0.2, 0) is 15.8 Å². The van der Waals surface area contributed by atoms with Crippen molar-refractivity contribution < 1.29 is 8.42 Å². The van der Waals surface area contributed by atoms with E-state index in [2.05, 4.69) is 5.32 Å². The third-order valence-corrected chi connectivity index (χ3v) is 6.75. The molecule has 2 fully saturated rings. The maximum absolute atomic E-state index is 12.7. The van der Waals surface area contributed by atoms with Crippen LogP contribution in [0.1, 0.15) is 24.8 Å². The lowest BCUT2D eigenvalue weighted by Crippen LogP contribution is -2.39. The van der Waals surface area contributed by atoms with Crippen LogP contribution < -0.4 is 5.32 Å². The molecule has 2 saturated heterocycles. The van der Waals surface area contributed by atoms with Crippen molar-refractivity contribution in [2.24, 2.45) is 0 Å². The number of benzene rings is 1. The molecule has 0 aromatic heterocycles. The Labute approximate surface area is 147 Å². The van der Waals surface area contributed by atoms with Gasteiger partial charge >= 0.3 is 0 Å². The first-order valence-electron chi connectivity index (χ1n) is 7.12. The fraction of sp³-hybridized carbons (Fsp3) is 0.571. The highest BCUT2D eigenvalue weighted by atomic mass is 35.5. The number of nitrogens with one attached hydrogen (secondary N) is 1. The minimum absolute atomic E-state index is 0. The van der Waals surface area contributed by atoms with Gasteiger partial charge in [0, 0.05) is 40.8 Å². The van der Waals surface area contributed by atoms with Crippen molar-refractivity contribution >= 4 is 45.6 Å². The summed E-state index contributed by atoms with van der Waals surface area (Å²) >= 11 is 12.2. The number of sulfonamides is 1. The minimum atomic E-state index is -3.40. The molecule has 2 aliphatic heterocycles. The summed E-state index contributed by atoms with van der Waals surface area (Å²) in [5, 5.41) is 4.29. The van der Waals surface area contributed by atoms with Crippen LogP contribution in [0, 0.1) is 0 Å². The summed E-state index contributed by atoms with van der Waals surface area (Å²) < 4.78 is 26.9. The topological polar surface area (TPSA) is 49.4 Å². The van der Waals surface area contributed by atoms with E-state index in [9.17, 15) is 8.42 Å². The van der Waals surface area contributed by atoms with Crippen molar-refractivity contribution in [3.05, 3.63) is 33.8 Å². The second-order valence-corrected chi connectivity index (χ2v) is 8.52. The van der Waals surface area contributed by atoms with Gasteiger partial charge in [-0.1, -0.05) is 29.3 Å². The van der Waals surface area contributed by atoms with Gasteiger partial charge in [0.2, 0.25) is 10.0 Å². The zero-order valence-corrected chi connectivity index (χ0v) is 15.1. The van der Waals surface area contributed by atoms with Crippen molar-refractivity contribution in [3.8, 4) is 0 Å². The number of halogens is 3. The molecule has 1 aromatic rings. The lowest BCUT2D eigenvalue weighted by molar-refractivity contribution is 0.383. The molecule has 2 atom stereocenters. The molecule has 1 aromatic carbocycles. The summed E-state index contributed by atoms with van der Waals surface area (Å²) in [4.78, 5) is 0. The molecule has 22 heavy (non-hydrogen) atoms. The van der Waals surface area contributed by atoms with Crippen LogP contribution in [0.5, 0.6) is 0 Å². The number of hydrogen-bond acceptors (Lipinski definition) is 3. The van der Waals surface area contributed by atoms with Crippen LogP contribution in [0.25, 0.3) is 0 Å². The Kier molecular flexibility index (Phi) is 6.02. The molecular weight excluding hydrogens is 367 g/mol. The molecule has 124 valence electrons. The Balaban J connectivity index is 0.00000176. The van der Waals surface area contributed by atoms with Gasteiger partial charge in [0.25, 0.3) is 0 Å². The van der Waals surface area contributed by atoms with Crippen molar-refractivity contribution in [2.45, 2.75) is 37.1 Å². The number of hydrogen-bond donors (Lipinski definition) is 1. The van der Waals surface area contributed by atoms with E-state index < -0.39 is 10.0 Å². The highest BCUT2D eigenvalue weighted by molar-refractivity contribution is 7.88. The number of rotatable bonds is 3. The van der Waals surface area contributed by atoms with Crippen LogP contribution in [-0.4, -0.2) is 37.9 Å². The molecule has 4 nitrogen and oxygen atoms in total. The predicted octanol–water partition coefficient (Wildman–Crippen LogP) is 3.07. The van der Waals surface area contributed by atoms with E-state index in [-0.39, 0.29) is 24.2 Å². The molecule has 3 rings (SSSR count). The van der Waals surface area contributed by atoms with Gasteiger partial charge in [0.1, 0.15) is 0 Å². The Morgan fingerprint density at radius 2 is 1.77 bits per heavy atom. The van der Waals surface area contributed by atoms with Crippen LogP contribution >= 0.6 is 35.6 Å². The van der Waals surface area contributed by atoms with Crippen molar-refractivity contribution in [1.82, 2.24) is 9.62 Å². The Morgan fingerprint density at radius 1 is 1.14 bits per heavy atom. The van der Waals surface area contributed by atoms with Crippen LogP contribution in [0.2, 0.25) is 10.0 Å². The van der Waals surface area contributed by atoms with Crippen molar-refractivity contribution in [2.75, 3.05) is 13.1 Å². The summed E-state index contributed by atoms with van der Waals surface area (Å²) in [5.74, 6) is -0.136. The van der Waals surface area contributed by atoms with Gasteiger partial charge in [-0.2, -0.15) is 0 Å². The summed E-state index contributed by atoms with van der Waals surface area (Å²) in [6.45, 7) is 1.11. The molecule has 0 aliphatic carbocycles. The van der Waals surface area contributed by atoms with E-state index in [0.717, 1.165) is 19.3 Å². The molecule has 0 spiro atoms. The third-order valence-electron chi connectivity index (χ3n) is 4.27. The number of nitrogens with zero attached hydrogens (tertiary/aromatic N) is 1. The first-order valence-corrected chi connectivity index (χ1v) is 9.49. The zero-order valence-electron chi connectivity index (χ0n) is 12.0. The molecule has 0 radical (unpaired) electrons. The molecular formula is C14H19Cl3N2O2S. The lowest BCUT2D eigenvalue weighted by atomic mass is 10.1.